The van der Waals surface area contributed by atoms with Crippen molar-refractivity contribution in [2.24, 2.45) is 5.92 Å². The molecule has 3 rings (SSSR count). The monoisotopic (exact) mass is 393 g/mol. The maximum absolute atomic E-state index is 12.3. The third-order valence-electron chi connectivity index (χ3n) is 4.58. The Balaban J connectivity index is 1.54. The van der Waals surface area contributed by atoms with Gasteiger partial charge < -0.3 is 20.7 Å². The van der Waals surface area contributed by atoms with E-state index >= 15 is 0 Å². The number of carbonyl (C=O) groups excluding carboxylic acids is 2. The zero-order valence-corrected chi connectivity index (χ0v) is 16.9. The fourth-order valence-electron chi connectivity index (χ4n) is 2.79. The standard InChI is InChI=1S/C23H27N3O3/c1-15(2)14-29-19-7-4-6-18(12-19)25-22(27)13-24-20-8-5-9-21(16(20)3)26-23(28)17-10-11-17/h4-9,12,17,24H,1,10-11,13-14H2,2-3H3,(H,25,27)(H,26,28). The van der Waals surface area contributed by atoms with Crippen LogP contribution in [0.1, 0.15) is 25.3 Å². The van der Waals surface area contributed by atoms with Crippen LogP contribution in [0.5, 0.6) is 5.75 Å². The van der Waals surface area contributed by atoms with Crippen molar-refractivity contribution in [3.63, 3.8) is 0 Å². The van der Waals surface area contributed by atoms with Gasteiger partial charge in [0.1, 0.15) is 12.4 Å². The molecule has 6 nitrogen and oxygen atoms in total. The van der Waals surface area contributed by atoms with Gasteiger partial charge in [-0.3, -0.25) is 9.59 Å². The van der Waals surface area contributed by atoms with Gasteiger partial charge in [-0.05, 0) is 62.1 Å². The molecular formula is C23H27N3O3. The average Bonchev–Trinajstić information content (AvgIpc) is 3.53. The minimum atomic E-state index is -0.172. The SMILES string of the molecule is C=C(C)COc1cccc(NC(=O)CNc2cccc(NC(=O)C3CC3)c2C)c1. The van der Waals surface area contributed by atoms with Crippen molar-refractivity contribution < 1.29 is 14.3 Å². The number of ether oxygens (including phenoxy) is 1. The van der Waals surface area contributed by atoms with E-state index in [2.05, 4.69) is 22.5 Å². The topological polar surface area (TPSA) is 79.5 Å². The molecule has 1 aliphatic rings. The van der Waals surface area contributed by atoms with Crippen molar-refractivity contribution in [1.29, 1.82) is 0 Å². The maximum atomic E-state index is 12.3. The number of carbonyl (C=O) groups is 2. The van der Waals surface area contributed by atoms with Crippen LogP contribution in [0.25, 0.3) is 0 Å². The summed E-state index contributed by atoms with van der Waals surface area (Å²) in [5.41, 5.74) is 4.08. The second kappa shape index (κ2) is 9.28. The van der Waals surface area contributed by atoms with Gasteiger partial charge in [0.15, 0.2) is 0 Å². The predicted octanol–water partition coefficient (Wildman–Crippen LogP) is 4.35. The van der Waals surface area contributed by atoms with Crippen LogP contribution in [-0.4, -0.2) is 25.0 Å². The minimum Gasteiger partial charge on any atom is -0.489 e. The summed E-state index contributed by atoms with van der Waals surface area (Å²) in [6, 6.07) is 12.9. The predicted molar refractivity (Wildman–Crippen MR) is 116 cm³/mol. The Morgan fingerprint density at radius 2 is 1.83 bits per heavy atom. The summed E-state index contributed by atoms with van der Waals surface area (Å²) in [6.45, 7) is 8.17. The minimum absolute atomic E-state index is 0.0664. The number of benzene rings is 2. The lowest BCUT2D eigenvalue weighted by molar-refractivity contribution is -0.117. The molecule has 2 aromatic carbocycles. The van der Waals surface area contributed by atoms with Gasteiger partial charge in [-0.15, -0.1) is 0 Å². The number of amides is 2. The zero-order valence-electron chi connectivity index (χ0n) is 16.9. The summed E-state index contributed by atoms with van der Waals surface area (Å²) in [7, 11) is 0. The van der Waals surface area contributed by atoms with Crippen molar-refractivity contribution in [2.45, 2.75) is 26.7 Å². The molecule has 1 aliphatic carbocycles. The van der Waals surface area contributed by atoms with E-state index in [1.54, 1.807) is 6.07 Å². The molecule has 0 radical (unpaired) electrons. The number of anilines is 3. The third kappa shape index (κ3) is 6.10. The quantitative estimate of drug-likeness (QED) is 0.554. The van der Waals surface area contributed by atoms with E-state index in [0.29, 0.717) is 18.0 Å². The largest absolute Gasteiger partial charge is 0.489 e. The molecule has 3 N–H and O–H groups in total. The highest BCUT2D eigenvalue weighted by Gasteiger charge is 2.29. The Morgan fingerprint density at radius 1 is 1.10 bits per heavy atom. The normalized spacial score (nSPS) is 12.8. The van der Waals surface area contributed by atoms with Gasteiger partial charge in [0.25, 0.3) is 0 Å². The fourth-order valence-corrected chi connectivity index (χ4v) is 2.79. The molecule has 2 aromatic rings. The van der Waals surface area contributed by atoms with Gasteiger partial charge in [0, 0.05) is 29.0 Å². The van der Waals surface area contributed by atoms with E-state index in [-0.39, 0.29) is 24.3 Å². The zero-order chi connectivity index (χ0) is 20.8. The van der Waals surface area contributed by atoms with Crippen molar-refractivity contribution >= 4 is 28.9 Å². The van der Waals surface area contributed by atoms with E-state index in [1.165, 1.54) is 0 Å². The Hall–Kier alpha value is -3.28. The van der Waals surface area contributed by atoms with E-state index in [4.69, 9.17) is 4.74 Å². The Morgan fingerprint density at radius 3 is 2.55 bits per heavy atom. The van der Waals surface area contributed by atoms with Crippen LogP contribution >= 0.6 is 0 Å². The van der Waals surface area contributed by atoms with E-state index in [9.17, 15) is 9.59 Å². The van der Waals surface area contributed by atoms with Crippen molar-refractivity contribution in [2.75, 3.05) is 29.1 Å². The molecule has 2 amide bonds. The van der Waals surface area contributed by atoms with Gasteiger partial charge in [-0.25, -0.2) is 0 Å². The molecule has 1 fully saturated rings. The maximum Gasteiger partial charge on any atom is 0.243 e. The molecule has 0 aliphatic heterocycles. The Bertz CT molecular complexity index is 919. The summed E-state index contributed by atoms with van der Waals surface area (Å²) in [4.78, 5) is 24.3. The number of nitrogens with one attached hydrogen (secondary N) is 3. The highest BCUT2D eigenvalue weighted by Crippen LogP contribution is 2.31. The van der Waals surface area contributed by atoms with Gasteiger partial charge in [-0.2, -0.15) is 0 Å². The molecule has 29 heavy (non-hydrogen) atoms. The first-order valence-electron chi connectivity index (χ1n) is 9.74. The smallest absolute Gasteiger partial charge is 0.243 e. The van der Waals surface area contributed by atoms with Crippen molar-refractivity contribution in [3.05, 3.63) is 60.2 Å². The van der Waals surface area contributed by atoms with Gasteiger partial charge in [-0.1, -0.05) is 18.7 Å². The summed E-state index contributed by atoms with van der Waals surface area (Å²) in [5, 5.41) is 8.96. The Kier molecular flexibility index (Phi) is 6.54. The summed E-state index contributed by atoms with van der Waals surface area (Å²) in [6.07, 6.45) is 1.92. The first-order valence-corrected chi connectivity index (χ1v) is 9.74. The van der Waals surface area contributed by atoms with E-state index < -0.39 is 0 Å². The van der Waals surface area contributed by atoms with Crippen LogP contribution in [-0.2, 0) is 9.59 Å². The second-order valence-corrected chi connectivity index (χ2v) is 7.42. The molecule has 6 heteroatoms. The molecule has 0 heterocycles. The van der Waals surface area contributed by atoms with Gasteiger partial charge in [0.2, 0.25) is 11.8 Å². The summed E-state index contributed by atoms with van der Waals surface area (Å²) in [5.74, 6) is 0.714. The second-order valence-electron chi connectivity index (χ2n) is 7.42. The Labute approximate surface area is 171 Å². The highest BCUT2D eigenvalue weighted by atomic mass is 16.5. The summed E-state index contributed by atoms with van der Waals surface area (Å²) < 4.78 is 5.60. The average molecular weight is 393 g/mol. The van der Waals surface area contributed by atoms with Crippen molar-refractivity contribution in [1.82, 2.24) is 0 Å². The number of hydrogen-bond acceptors (Lipinski definition) is 4. The molecule has 0 unspecified atom stereocenters. The molecule has 152 valence electrons. The highest BCUT2D eigenvalue weighted by molar-refractivity contribution is 5.96. The lowest BCUT2D eigenvalue weighted by Crippen LogP contribution is -2.22. The van der Waals surface area contributed by atoms with Crippen LogP contribution in [0, 0.1) is 12.8 Å². The molecule has 0 aromatic heterocycles. The molecule has 0 saturated heterocycles. The van der Waals surface area contributed by atoms with Crippen LogP contribution < -0.4 is 20.7 Å². The van der Waals surface area contributed by atoms with Crippen LogP contribution in [0.4, 0.5) is 17.1 Å². The van der Waals surface area contributed by atoms with Crippen LogP contribution in [0.2, 0.25) is 0 Å². The molecular weight excluding hydrogens is 366 g/mol. The van der Waals surface area contributed by atoms with Crippen LogP contribution in [0.3, 0.4) is 0 Å². The van der Waals surface area contributed by atoms with E-state index in [1.807, 2.05) is 50.2 Å². The third-order valence-corrected chi connectivity index (χ3v) is 4.58. The molecule has 0 spiro atoms. The van der Waals surface area contributed by atoms with Gasteiger partial charge in [0.05, 0.1) is 6.54 Å². The lowest BCUT2D eigenvalue weighted by atomic mass is 10.1. The van der Waals surface area contributed by atoms with E-state index in [0.717, 1.165) is 35.4 Å². The molecule has 1 saturated carbocycles. The fraction of sp³-hybridized carbons (Fsp3) is 0.304. The van der Waals surface area contributed by atoms with Gasteiger partial charge >= 0.3 is 0 Å². The van der Waals surface area contributed by atoms with Crippen molar-refractivity contribution in [3.8, 4) is 5.75 Å². The molecule has 0 bridgehead atoms. The van der Waals surface area contributed by atoms with Crippen LogP contribution in [0.15, 0.2) is 54.6 Å². The first-order chi connectivity index (χ1) is 13.9. The molecule has 0 atom stereocenters. The number of rotatable bonds is 9. The summed E-state index contributed by atoms with van der Waals surface area (Å²) >= 11 is 0. The number of hydrogen-bond donors (Lipinski definition) is 3. The first kappa shape index (κ1) is 20.5. The lowest BCUT2D eigenvalue weighted by Gasteiger charge is -2.14.